The largest absolute Gasteiger partial charge is 0.370 e. The molecule has 135 valence electrons. The molecule has 0 heterocycles. The third-order valence-electron chi connectivity index (χ3n) is 3.68. The molecular weight excluding hydrogens is 474 g/mol. The van der Waals surface area contributed by atoms with E-state index in [1.54, 1.807) is 0 Å². The fourth-order valence-electron chi connectivity index (χ4n) is 2.37. The van der Waals surface area contributed by atoms with Crippen molar-refractivity contribution in [2.24, 2.45) is 5.73 Å². The summed E-state index contributed by atoms with van der Waals surface area (Å²) in [7, 11) is 0. The fraction of sp³-hybridized carbons (Fsp3) is 0.833. The Bertz CT molecular complexity index is 247. The van der Waals surface area contributed by atoms with E-state index in [0.29, 0.717) is 6.42 Å². The maximum absolute atomic E-state index is 10.5. The van der Waals surface area contributed by atoms with Gasteiger partial charge in [0.05, 0.1) is 0 Å². The van der Waals surface area contributed by atoms with Gasteiger partial charge < -0.3 is 5.73 Å². The molecule has 2 nitrogen and oxygen atoms in total. The van der Waals surface area contributed by atoms with Crippen LogP contribution in [-0.2, 0) is 24.9 Å². The number of carbonyl (C=O) groups excluding carboxylic acids is 1. The number of hydrogen-bond acceptors (Lipinski definition) is 1. The zero-order chi connectivity index (χ0) is 14.9. The molecule has 1 amide bonds. The van der Waals surface area contributed by atoms with Crippen LogP contribution in [0.5, 0.6) is 0 Å². The SMILES string of the molecule is CCCCCCCC/C=C\CCCCCCCC(N)=O.Cl.[Ir]. The van der Waals surface area contributed by atoms with Crippen LogP contribution in [0, 0.1) is 0 Å². The minimum absolute atomic E-state index is 0. The first kappa shape index (κ1) is 27.0. The van der Waals surface area contributed by atoms with Gasteiger partial charge in [0.15, 0.2) is 0 Å². The first-order valence-corrected chi connectivity index (χ1v) is 8.70. The summed E-state index contributed by atoms with van der Waals surface area (Å²) in [6.07, 6.45) is 21.9. The van der Waals surface area contributed by atoms with Crippen molar-refractivity contribution in [1.29, 1.82) is 0 Å². The molecule has 0 fully saturated rings. The minimum atomic E-state index is -0.164. The Labute approximate surface area is 157 Å². The standard InChI is InChI=1S/C18H35NO.ClH.Ir/c1-2-3-4-5-6-7-8-9-10-11-12-13-14-15-16-17-18(19)20;;/h9-10H,2-8,11-17H2,1H3,(H2,19,20);1H;/b10-9-;;. The Balaban J connectivity index is -0.00000180. The first-order chi connectivity index (χ1) is 9.77. The summed E-state index contributed by atoms with van der Waals surface area (Å²) in [5, 5.41) is 0. The van der Waals surface area contributed by atoms with Crippen molar-refractivity contribution >= 4 is 18.3 Å². The molecule has 4 heteroatoms. The zero-order valence-electron chi connectivity index (χ0n) is 14.3. The molecule has 1 radical (unpaired) electrons. The number of rotatable bonds is 15. The topological polar surface area (TPSA) is 43.1 Å². The average molecular weight is 510 g/mol. The second-order valence-corrected chi connectivity index (χ2v) is 5.80. The number of hydrogen-bond donors (Lipinski definition) is 1. The third kappa shape index (κ3) is 25.1. The van der Waals surface area contributed by atoms with Gasteiger partial charge in [-0.25, -0.2) is 0 Å². The van der Waals surface area contributed by atoms with E-state index in [4.69, 9.17) is 5.73 Å². The van der Waals surface area contributed by atoms with E-state index in [0.717, 1.165) is 12.8 Å². The number of carbonyl (C=O) groups is 1. The number of nitrogens with two attached hydrogens (primary N) is 1. The molecule has 0 atom stereocenters. The van der Waals surface area contributed by atoms with Gasteiger partial charge in [-0.15, -0.1) is 12.4 Å². The maximum Gasteiger partial charge on any atom is 0.217 e. The molecule has 0 aromatic rings. The summed E-state index contributed by atoms with van der Waals surface area (Å²) in [6, 6.07) is 0. The minimum Gasteiger partial charge on any atom is -0.370 e. The molecule has 0 aliphatic carbocycles. The van der Waals surface area contributed by atoms with Crippen molar-refractivity contribution in [3.8, 4) is 0 Å². The van der Waals surface area contributed by atoms with Crippen LogP contribution < -0.4 is 5.73 Å². The average Bonchev–Trinajstić information content (AvgIpc) is 2.43. The van der Waals surface area contributed by atoms with Gasteiger partial charge in [0, 0.05) is 26.5 Å². The Hall–Kier alpha value is 0.149. The van der Waals surface area contributed by atoms with Crippen LogP contribution in [0.15, 0.2) is 12.2 Å². The molecule has 0 aliphatic heterocycles. The summed E-state index contributed by atoms with van der Waals surface area (Å²) in [5.74, 6) is -0.164. The zero-order valence-corrected chi connectivity index (χ0v) is 17.5. The van der Waals surface area contributed by atoms with Crippen LogP contribution >= 0.6 is 12.4 Å². The quantitative estimate of drug-likeness (QED) is 0.216. The number of halogens is 1. The summed E-state index contributed by atoms with van der Waals surface area (Å²) in [4.78, 5) is 10.5. The van der Waals surface area contributed by atoms with Crippen LogP contribution in [-0.4, -0.2) is 5.91 Å². The summed E-state index contributed by atoms with van der Waals surface area (Å²) in [6.45, 7) is 2.26. The Morgan fingerprint density at radius 2 is 1.18 bits per heavy atom. The van der Waals surface area contributed by atoms with Gasteiger partial charge in [0.1, 0.15) is 0 Å². The van der Waals surface area contributed by atoms with Gasteiger partial charge in [-0.05, 0) is 32.1 Å². The van der Waals surface area contributed by atoms with Crippen molar-refractivity contribution in [1.82, 2.24) is 0 Å². The van der Waals surface area contributed by atoms with Crippen LogP contribution in [0.1, 0.15) is 96.8 Å². The van der Waals surface area contributed by atoms with Gasteiger partial charge >= 0.3 is 0 Å². The van der Waals surface area contributed by atoms with E-state index in [2.05, 4.69) is 19.1 Å². The molecule has 0 rings (SSSR count). The van der Waals surface area contributed by atoms with Crippen LogP contribution in [0.2, 0.25) is 0 Å². The van der Waals surface area contributed by atoms with Crippen LogP contribution in [0.3, 0.4) is 0 Å². The smallest absolute Gasteiger partial charge is 0.217 e. The van der Waals surface area contributed by atoms with E-state index in [-0.39, 0.29) is 38.4 Å². The molecule has 22 heavy (non-hydrogen) atoms. The summed E-state index contributed by atoms with van der Waals surface area (Å²) < 4.78 is 0. The molecule has 0 spiro atoms. The molecule has 0 aliphatic rings. The summed E-state index contributed by atoms with van der Waals surface area (Å²) >= 11 is 0. The number of primary amides is 1. The van der Waals surface area contributed by atoms with E-state index < -0.39 is 0 Å². The molecule has 0 aromatic carbocycles. The second kappa shape index (κ2) is 23.4. The third-order valence-corrected chi connectivity index (χ3v) is 3.68. The van der Waals surface area contributed by atoms with Crippen LogP contribution in [0.25, 0.3) is 0 Å². The normalized spacial score (nSPS) is 10.2. The number of unbranched alkanes of at least 4 members (excludes halogenated alkanes) is 11. The van der Waals surface area contributed by atoms with Crippen molar-refractivity contribution in [2.45, 2.75) is 96.8 Å². The maximum atomic E-state index is 10.5. The predicted octanol–water partition coefficient (Wildman–Crippen LogP) is 5.93. The second-order valence-electron chi connectivity index (χ2n) is 5.80. The first-order valence-electron chi connectivity index (χ1n) is 8.70. The molecule has 0 unspecified atom stereocenters. The number of allylic oxidation sites excluding steroid dienone is 2. The Morgan fingerprint density at radius 1 is 0.773 bits per heavy atom. The van der Waals surface area contributed by atoms with Crippen molar-refractivity contribution < 1.29 is 24.9 Å². The van der Waals surface area contributed by atoms with Gasteiger partial charge in [-0.3, -0.25) is 4.79 Å². The molecule has 2 N–H and O–H groups in total. The van der Waals surface area contributed by atoms with Crippen molar-refractivity contribution in [2.75, 3.05) is 0 Å². The van der Waals surface area contributed by atoms with E-state index >= 15 is 0 Å². The summed E-state index contributed by atoms with van der Waals surface area (Å²) in [5.41, 5.74) is 5.10. The molecule has 0 saturated carbocycles. The van der Waals surface area contributed by atoms with Gasteiger partial charge in [0.2, 0.25) is 5.91 Å². The Morgan fingerprint density at radius 3 is 1.64 bits per heavy atom. The molecule has 0 aromatic heterocycles. The fourth-order valence-corrected chi connectivity index (χ4v) is 2.37. The monoisotopic (exact) mass is 510 g/mol. The van der Waals surface area contributed by atoms with Gasteiger partial charge in [-0.2, -0.15) is 0 Å². The van der Waals surface area contributed by atoms with E-state index in [9.17, 15) is 4.79 Å². The Kier molecular flexibility index (Phi) is 28.8. The van der Waals surface area contributed by atoms with Gasteiger partial charge in [0.25, 0.3) is 0 Å². The van der Waals surface area contributed by atoms with Gasteiger partial charge in [-0.1, -0.05) is 70.4 Å². The van der Waals surface area contributed by atoms with E-state index in [1.807, 2.05) is 0 Å². The number of amides is 1. The molecule has 0 bridgehead atoms. The van der Waals surface area contributed by atoms with Crippen molar-refractivity contribution in [3.63, 3.8) is 0 Å². The predicted molar refractivity (Wildman–Crippen MR) is 95.9 cm³/mol. The van der Waals surface area contributed by atoms with Crippen molar-refractivity contribution in [3.05, 3.63) is 12.2 Å². The van der Waals surface area contributed by atoms with E-state index in [1.165, 1.54) is 70.6 Å². The molecule has 0 saturated heterocycles. The molecular formula is C18H36ClIrNO. The van der Waals surface area contributed by atoms with Crippen LogP contribution in [0.4, 0.5) is 0 Å².